The van der Waals surface area contributed by atoms with Crippen molar-refractivity contribution in [1.82, 2.24) is 0 Å². The lowest BCUT2D eigenvalue weighted by molar-refractivity contribution is -0.187. The van der Waals surface area contributed by atoms with Gasteiger partial charge in [0, 0.05) is 0 Å². The van der Waals surface area contributed by atoms with E-state index in [-0.39, 0.29) is 13.0 Å². The highest BCUT2D eigenvalue weighted by atomic mass is 19.3. The van der Waals surface area contributed by atoms with Gasteiger partial charge in [-0.1, -0.05) is 0 Å². The van der Waals surface area contributed by atoms with Crippen LogP contribution in [0.2, 0.25) is 0 Å². The van der Waals surface area contributed by atoms with E-state index in [1.807, 2.05) is 0 Å². The average Bonchev–Trinajstić information content (AvgIpc) is 1.86. The zero-order chi connectivity index (χ0) is 8.85. The number of aliphatic carboxylic acids is 1. The van der Waals surface area contributed by atoms with E-state index in [4.69, 9.17) is 10.8 Å². The van der Waals surface area contributed by atoms with Crippen molar-refractivity contribution in [3.05, 3.63) is 0 Å². The smallest absolute Gasteiger partial charge is 0.346 e. The molecule has 0 aromatic carbocycles. The molecule has 0 aromatic rings. The molecule has 0 amide bonds. The van der Waals surface area contributed by atoms with Crippen LogP contribution < -0.4 is 5.73 Å². The summed E-state index contributed by atoms with van der Waals surface area (Å²) in [5, 5.41) is 8.24. The van der Waals surface area contributed by atoms with Gasteiger partial charge in [-0.15, -0.1) is 0 Å². The monoisotopic (exact) mass is 169 g/mol. The van der Waals surface area contributed by atoms with Crippen molar-refractivity contribution < 1.29 is 23.4 Å². The second-order valence-electron chi connectivity index (χ2n) is 1.80. The zero-order valence-electron chi connectivity index (χ0n) is 5.67. The Balaban J connectivity index is 3.79. The molecule has 0 rings (SSSR count). The lowest BCUT2D eigenvalue weighted by Gasteiger charge is -2.10. The van der Waals surface area contributed by atoms with E-state index in [2.05, 4.69) is 4.74 Å². The molecular weight excluding hydrogens is 160 g/mol. The van der Waals surface area contributed by atoms with Gasteiger partial charge in [0.05, 0.1) is 0 Å². The summed E-state index contributed by atoms with van der Waals surface area (Å²) in [6, 6.07) is 0. The van der Waals surface area contributed by atoms with Crippen molar-refractivity contribution >= 4 is 5.97 Å². The molecule has 0 radical (unpaired) electrons. The van der Waals surface area contributed by atoms with Gasteiger partial charge in [-0.3, -0.25) is 0 Å². The number of carbonyl (C=O) groups is 1. The van der Waals surface area contributed by atoms with E-state index in [1.54, 1.807) is 0 Å². The predicted molar refractivity (Wildman–Crippen MR) is 32.2 cm³/mol. The van der Waals surface area contributed by atoms with E-state index in [9.17, 15) is 13.6 Å². The van der Waals surface area contributed by atoms with E-state index < -0.39 is 18.7 Å². The van der Waals surface area contributed by atoms with Crippen LogP contribution in [0.4, 0.5) is 8.78 Å². The quantitative estimate of drug-likeness (QED) is 0.608. The van der Waals surface area contributed by atoms with Crippen LogP contribution in [-0.2, 0) is 9.53 Å². The molecule has 0 saturated carbocycles. The highest BCUT2D eigenvalue weighted by Crippen LogP contribution is 2.04. The fourth-order valence-corrected chi connectivity index (χ4v) is 0.525. The predicted octanol–water partition coefficient (Wildman–Crippen LogP) is 0.0276. The first-order chi connectivity index (χ1) is 5.07. The normalized spacial score (nSPS) is 13.5. The van der Waals surface area contributed by atoms with Gasteiger partial charge in [0.25, 0.3) is 0 Å². The maximum absolute atomic E-state index is 11.4. The molecule has 3 N–H and O–H groups in total. The molecule has 66 valence electrons. The third-order valence-corrected chi connectivity index (χ3v) is 0.971. The highest BCUT2D eigenvalue weighted by Gasteiger charge is 2.21. The minimum Gasteiger partial charge on any atom is -0.479 e. The largest absolute Gasteiger partial charge is 0.479 e. The summed E-state index contributed by atoms with van der Waals surface area (Å²) in [6.45, 7) is -3.06. The fraction of sp³-hybridized carbons (Fsp3) is 0.800. The number of hydrogen-bond donors (Lipinski definition) is 2. The summed E-state index contributed by atoms with van der Waals surface area (Å²) >= 11 is 0. The maximum atomic E-state index is 11.4. The fourth-order valence-electron chi connectivity index (χ4n) is 0.525. The second kappa shape index (κ2) is 4.97. The van der Waals surface area contributed by atoms with Gasteiger partial charge in [0.2, 0.25) is 0 Å². The SMILES string of the molecule is NCC[C@H](OC(F)F)C(=O)O. The first-order valence-electron chi connectivity index (χ1n) is 2.94. The summed E-state index contributed by atoms with van der Waals surface area (Å²) in [4.78, 5) is 10.1. The number of hydrogen-bond acceptors (Lipinski definition) is 3. The van der Waals surface area contributed by atoms with Crippen LogP contribution in [0.5, 0.6) is 0 Å². The van der Waals surface area contributed by atoms with Gasteiger partial charge in [-0.05, 0) is 13.0 Å². The van der Waals surface area contributed by atoms with Crippen molar-refractivity contribution in [2.75, 3.05) is 6.54 Å². The molecule has 0 unspecified atom stereocenters. The van der Waals surface area contributed by atoms with Gasteiger partial charge in [-0.25, -0.2) is 4.79 Å². The van der Waals surface area contributed by atoms with Crippen molar-refractivity contribution in [2.24, 2.45) is 5.73 Å². The first-order valence-corrected chi connectivity index (χ1v) is 2.94. The molecular formula is C5H9F2NO3. The van der Waals surface area contributed by atoms with Gasteiger partial charge >= 0.3 is 12.6 Å². The van der Waals surface area contributed by atoms with Crippen LogP contribution in [0.3, 0.4) is 0 Å². The number of rotatable bonds is 5. The van der Waals surface area contributed by atoms with E-state index in [1.165, 1.54) is 0 Å². The Hall–Kier alpha value is -0.750. The summed E-state index contributed by atoms with van der Waals surface area (Å²) in [5.74, 6) is -1.42. The Kier molecular flexibility index (Phi) is 4.64. The molecule has 0 heterocycles. The van der Waals surface area contributed by atoms with Crippen molar-refractivity contribution in [1.29, 1.82) is 0 Å². The van der Waals surface area contributed by atoms with Gasteiger partial charge in [-0.2, -0.15) is 8.78 Å². The molecule has 0 aliphatic carbocycles. The first kappa shape index (κ1) is 10.2. The van der Waals surface area contributed by atoms with Crippen molar-refractivity contribution in [3.8, 4) is 0 Å². The summed E-state index contributed by atoms with van der Waals surface area (Å²) in [5.41, 5.74) is 4.95. The number of halogens is 2. The number of nitrogens with two attached hydrogens (primary N) is 1. The molecule has 11 heavy (non-hydrogen) atoms. The number of carboxylic acids is 1. The third-order valence-electron chi connectivity index (χ3n) is 0.971. The molecule has 6 heteroatoms. The van der Waals surface area contributed by atoms with E-state index >= 15 is 0 Å². The molecule has 0 aromatic heterocycles. The molecule has 4 nitrogen and oxygen atoms in total. The Labute approximate surface area is 61.9 Å². The number of alkyl halides is 2. The second-order valence-corrected chi connectivity index (χ2v) is 1.80. The van der Waals surface area contributed by atoms with E-state index in [0.717, 1.165) is 0 Å². The zero-order valence-corrected chi connectivity index (χ0v) is 5.67. The number of ether oxygens (including phenoxy) is 1. The van der Waals surface area contributed by atoms with E-state index in [0.29, 0.717) is 0 Å². The average molecular weight is 169 g/mol. The van der Waals surface area contributed by atoms with Crippen LogP contribution in [0.25, 0.3) is 0 Å². The van der Waals surface area contributed by atoms with Crippen molar-refractivity contribution in [2.45, 2.75) is 19.1 Å². The van der Waals surface area contributed by atoms with Crippen LogP contribution in [-0.4, -0.2) is 30.3 Å². The Morgan fingerprint density at radius 3 is 2.45 bits per heavy atom. The third kappa shape index (κ3) is 4.63. The van der Waals surface area contributed by atoms with Gasteiger partial charge < -0.3 is 15.6 Å². The topological polar surface area (TPSA) is 72.5 Å². The molecule has 1 atom stereocenters. The lowest BCUT2D eigenvalue weighted by atomic mass is 10.2. The maximum Gasteiger partial charge on any atom is 0.346 e. The minimum atomic E-state index is -3.07. The molecule has 0 saturated heterocycles. The minimum absolute atomic E-state index is 0.00366. The number of carboxylic acid groups (broad SMARTS) is 1. The molecule has 0 bridgehead atoms. The molecule has 0 aliphatic rings. The highest BCUT2D eigenvalue weighted by molar-refractivity contribution is 5.72. The van der Waals surface area contributed by atoms with Crippen LogP contribution in [0.15, 0.2) is 0 Å². The molecule has 0 fully saturated rings. The molecule has 0 spiro atoms. The summed E-state index contributed by atoms with van der Waals surface area (Å²) in [7, 11) is 0. The van der Waals surface area contributed by atoms with Crippen molar-refractivity contribution in [3.63, 3.8) is 0 Å². The van der Waals surface area contributed by atoms with Crippen LogP contribution in [0, 0.1) is 0 Å². The Bertz CT molecular complexity index is 131. The Morgan fingerprint density at radius 1 is 1.64 bits per heavy atom. The molecule has 0 aliphatic heterocycles. The standard InChI is InChI=1S/C5H9F2NO3/c6-5(7)11-3(1-2-8)4(9)10/h3,5H,1-2,8H2,(H,9,10)/t3-/m0/s1. The van der Waals surface area contributed by atoms with Gasteiger partial charge in [0.1, 0.15) is 0 Å². The summed E-state index contributed by atoms with van der Waals surface area (Å²) < 4.78 is 26.6. The Morgan fingerprint density at radius 2 is 2.18 bits per heavy atom. The van der Waals surface area contributed by atoms with Crippen LogP contribution in [0.1, 0.15) is 6.42 Å². The summed E-state index contributed by atoms with van der Waals surface area (Å²) in [6.07, 6.45) is -1.61. The van der Waals surface area contributed by atoms with Gasteiger partial charge in [0.15, 0.2) is 6.10 Å². The van der Waals surface area contributed by atoms with Crippen LogP contribution >= 0.6 is 0 Å². The lowest BCUT2D eigenvalue weighted by Crippen LogP contribution is -2.28.